The third kappa shape index (κ3) is 37.9. The maximum absolute atomic E-state index is 6.08. The van der Waals surface area contributed by atoms with Gasteiger partial charge in [-0.1, -0.05) is 234 Å². The first-order valence-electron chi connectivity index (χ1n) is 41.1. The summed E-state index contributed by atoms with van der Waals surface area (Å²) in [4.78, 5) is 0. The van der Waals surface area contributed by atoms with E-state index in [0.29, 0.717) is 19.8 Å². The van der Waals surface area contributed by atoms with Crippen LogP contribution in [0, 0.1) is 83.1 Å². The van der Waals surface area contributed by atoms with Crippen LogP contribution in [-0.4, -0.2) is 26.5 Å². The van der Waals surface area contributed by atoms with Crippen molar-refractivity contribution in [2.75, 3.05) is 26.5 Å². The third-order valence-electron chi connectivity index (χ3n) is 17.2. The molecular formula is C103H112O17P6. The fourth-order valence-corrected chi connectivity index (χ4v) is 16.4. The molecule has 0 fully saturated rings. The van der Waals surface area contributed by atoms with Crippen LogP contribution in [0.3, 0.4) is 0 Å². The summed E-state index contributed by atoms with van der Waals surface area (Å²) in [6.07, 6.45) is 0. The van der Waals surface area contributed by atoms with Crippen LogP contribution in [0.5, 0.6) is 80.5 Å². The Morgan fingerprint density at radius 1 is 0.167 bits per heavy atom. The Kier molecular flexibility index (Phi) is 42.7. The third-order valence-corrected chi connectivity index (χ3v) is 23.8. The second-order valence-corrected chi connectivity index (χ2v) is 34.8. The molecule has 0 aliphatic rings. The summed E-state index contributed by atoms with van der Waals surface area (Å²) in [6, 6.07) is 114. The summed E-state index contributed by atoms with van der Waals surface area (Å²) < 4.78 is 98.8. The van der Waals surface area contributed by atoms with Crippen molar-refractivity contribution in [3.8, 4) is 80.5 Å². The van der Waals surface area contributed by atoms with E-state index in [-0.39, 0.29) is 0 Å². The molecule has 0 atom stereocenters. The van der Waals surface area contributed by atoms with Crippen molar-refractivity contribution in [1.29, 1.82) is 0 Å². The first-order valence-corrected chi connectivity index (χ1v) is 48.2. The van der Waals surface area contributed by atoms with Gasteiger partial charge in [0.05, 0.1) is 19.8 Å². The second kappa shape index (κ2) is 54.6. The predicted molar refractivity (Wildman–Crippen MR) is 518 cm³/mol. The highest BCUT2D eigenvalue weighted by atomic mass is 31.2. The average molecular weight is 1810 g/mol. The quantitative estimate of drug-likeness (QED) is 0.0351. The summed E-state index contributed by atoms with van der Waals surface area (Å²) in [5.74, 6) is 10.5. The molecule has 0 aliphatic heterocycles. The molecule has 23 heteroatoms. The Balaban J connectivity index is 0.000000174. The van der Waals surface area contributed by atoms with Gasteiger partial charge in [-0.05, 0) is 289 Å². The Morgan fingerprint density at radius 3 is 0.571 bits per heavy atom. The van der Waals surface area contributed by atoms with E-state index in [2.05, 4.69) is 0 Å². The van der Waals surface area contributed by atoms with Gasteiger partial charge in [0.2, 0.25) is 0 Å². The maximum Gasteiger partial charge on any atom is 0.530 e. The topological polar surface area (TPSA) is 157 Å². The minimum absolute atomic E-state index is 0.645. The van der Waals surface area contributed by atoms with Crippen LogP contribution >= 0.6 is 51.4 Å². The largest absolute Gasteiger partial charge is 0.530 e. The van der Waals surface area contributed by atoms with Crippen LogP contribution in [-0.2, 0) is 13.6 Å². The Hall–Kier alpha value is -11.3. The summed E-state index contributed by atoms with van der Waals surface area (Å²) in [5, 5.41) is 0. The summed E-state index contributed by atoms with van der Waals surface area (Å²) in [7, 11) is -8.50. The van der Waals surface area contributed by atoms with E-state index in [1.807, 2.05) is 462 Å². The molecule has 17 nitrogen and oxygen atoms in total. The highest BCUT2D eigenvalue weighted by Crippen LogP contribution is 2.48. The SMILES string of the molecule is CCOP(OCC)OCC.CP(Oc1ccccc1)Oc1ccccc1.Cc1ccc(OP(Oc2ccc(C)cc2)Oc2ccc(C)cc2)cc1.Cc1ccc(OP(Oc2ccc(C)cc2)Oc2ccc(C)cc2)cc1.Cc1cccc(OP(Oc2cccc(C)c2)Oc2cccc(C)c2)c1.Cc1ccccc1OP(Oc1ccccc1C)Oc1ccccc1C. The van der Waals surface area contributed by atoms with Crippen molar-refractivity contribution in [2.24, 2.45) is 0 Å². The lowest BCUT2D eigenvalue weighted by molar-refractivity contribution is 0.176. The molecule has 14 aromatic rings. The zero-order chi connectivity index (χ0) is 89.6. The molecule has 0 saturated carbocycles. The average Bonchev–Trinajstić information content (AvgIpc) is 0.849. The van der Waals surface area contributed by atoms with Crippen LogP contribution in [0.1, 0.15) is 87.5 Å². The second-order valence-electron chi connectivity index (χ2n) is 28.3. The van der Waals surface area contributed by atoms with Crippen molar-refractivity contribution in [2.45, 2.75) is 104 Å². The summed E-state index contributed by atoms with van der Waals surface area (Å²) in [6.45, 7) is 34.0. The molecule has 126 heavy (non-hydrogen) atoms. The lowest BCUT2D eigenvalue weighted by atomic mass is 10.2. The zero-order valence-electron chi connectivity index (χ0n) is 74.2. The minimum Gasteiger partial charge on any atom is -0.439 e. The van der Waals surface area contributed by atoms with E-state index in [0.717, 1.165) is 114 Å². The highest BCUT2D eigenvalue weighted by Gasteiger charge is 2.25. The molecule has 0 radical (unpaired) electrons. The van der Waals surface area contributed by atoms with Crippen molar-refractivity contribution in [1.82, 2.24) is 0 Å². The fraction of sp³-hybridized carbons (Fsp3) is 0.184. The van der Waals surface area contributed by atoms with E-state index in [9.17, 15) is 0 Å². The highest BCUT2D eigenvalue weighted by molar-refractivity contribution is 7.47. The predicted octanol–water partition coefficient (Wildman–Crippen LogP) is 31.9. The van der Waals surface area contributed by atoms with Crippen molar-refractivity contribution in [3.63, 3.8) is 0 Å². The normalized spacial score (nSPS) is 10.5. The molecular weight excluding hydrogens is 1690 g/mol. The summed E-state index contributed by atoms with van der Waals surface area (Å²) >= 11 is 0. The number of rotatable bonds is 34. The van der Waals surface area contributed by atoms with Crippen molar-refractivity contribution >= 4 is 51.4 Å². The maximum atomic E-state index is 6.08. The minimum atomic E-state index is -1.64. The Morgan fingerprint density at radius 2 is 0.357 bits per heavy atom. The first-order chi connectivity index (χ1) is 61.1. The van der Waals surface area contributed by atoms with Gasteiger partial charge in [-0.3, -0.25) is 0 Å². The van der Waals surface area contributed by atoms with E-state index < -0.39 is 51.4 Å². The van der Waals surface area contributed by atoms with Crippen molar-refractivity contribution in [3.05, 3.63) is 419 Å². The molecule has 0 heterocycles. The smallest absolute Gasteiger partial charge is 0.439 e. The van der Waals surface area contributed by atoms with E-state index in [1.54, 1.807) is 0 Å². The van der Waals surface area contributed by atoms with Gasteiger partial charge in [0.25, 0.3) is 8.38 Å². The molecule has 0 N–H and O–H groups in total. The zero-order valence-corrected chi connectivity index (χ0v) is 79.6. The number of aryl methyl sites for hydroxylation is 12. The Bertz CT molecular complexity index is 4750. The summed E-state index contributed by atoms with van der Waals surface area (Å²) in [5.41, 5.74) is 13.5. The first kappa shape index (κ1) is 98.5. The van der Waals surface area contributed by atoms with Gasteiger partial charge in [0, 0.05) is 6.66 Å². The molecule has 0 bridgehead atoms. The molecule has 0 spiro atoms. The fourth-order valence-electron chi connectivity index (χ4n) is 10.5. The van der Waals surface area contributed by atoms with E-state index >= 15 is 0 Å². The molecule has 0 aliphatic carbocycles. The van der Waals surface area contributed by atoms with E-state index in [4.69, 9.17) is 76.9 Å². The van der Waals surface area contributed by atoms with Crippen LogP contribution in [0.25, 0.3) is 0 Å². The molecule has 656 valence electrons. The van der Waals surface area contributed by atoms with Gasteiger partial charge in [0.1, 0.15) is 80.5 Å². The standard InChI is InChI=1S/4C21H21O3P.C13H13O2P.C6H15O3P/c2*1-16-4-10-19(11-5-16)22-25(23-20-12-6-17(2)7-13-20)24-21-14-8-18(3)9-15-21;1-16-7-4-10-19(13-16)22-25(23-20-11-5-8-17(2)14-20)24-21-12-6-9-18(3)15-21;1-16-10-4-7-13-19(16)22-25(23-20-14-8-5-11-17(20)2)24-21-15-9-6-12-18(21)3;1-16(14-12-8-4-2-5-9-12)15-13-10-6-3-7-11-13;1-4-7-10(8-5-2)9-6-3/h4*4-15H,1-3H3;2-11H,1H3;4-6H2,1-3H3. The molecule has 14 rings (SSSR count). The lowest BCUT2D eigenvalue weighted by Gasteiger charge is -2.20. The van der Waals surface area contributed by atoms with Gasteiger partial charge in [-0.15, -0.1) is 0 Å². The molecule has 0 amide bonds. The number of hydrogen-bond acceptors (Lipinski definition) is 17. The number of para-hydroxylation sites is 5. The molecule has 0 saturated heterocycles. The van der Waals surface area contributed by atoms with Gasteiger partial charge in [-0.2, -0.15) is 0 Å². The Labute approximate surface area is 753 Å². The monoisotopic (exact) mass is 1810 g/mol. The van der Waals surface area contributed by atoms with Gasteiger partial charge >= 0.3 is 43.0 Å². The lowest BCUT2D eigenvalue weighted by Crippen LogP contribution is -2.04. The van der Waals surface area contributed by atoms with Gasteiger partial charge in [-0.25, -0.2) is 0 Å². The van der Waals surface area contributed by atoms with Gasteiger partial charge < -0.3 is 76.9 Å². The van der Waals surface area contributed by atoms with Crippen molar-refractivity contribution < 1.29 is 76.9 Å². The number of hydrogen-bond donors (Lipinski definition) is 0. The van der Waals surface area contributed by atoms with Gasteiger partial charge in [0.15, 0.2) is 0 Å². The number of benzene rings is 14. The molecule has 0 aromatic heterocycles. The van der Waals surface area contributed by atoms with Crippen LogP contribution in [0.2, 0.25) is 0 Å². The van der Waals surface area contributed by atoms with E-state index in [1.165, 1.54) is 33.4 Å². The van der Waals surface area contributed by atoms with Crippen LogP contribution < -0.4 is 63.3 Å². The van der Waals surface area contributed by atoms with Crippen LogP contribution in [0.15, 0.2) is 352 Å². The molecule has 14 aromatic carbocycles. The van der Waals surface area contributed by atoms with Crippen LogP contribution in [0.4, 0.5) is 0 Å². The molecule has 0 unspecified atom stereocenters.